The second-order valence-corrected chi connectivity index (χ2v) is 6.34. The Kier molecular flexibility index (Phi) is 5.83. The summed E-state index contributed by atoms with van der Waals surface area (Å²) in [4.78, 5) is 12.0. The molecule has 0 spiro atoms. The van der Waals surface area contributed by atoms with Gasteiger partial charge in [0.2, 0.25) is 0 Å². The highest BCUT2D eigenvalue weighted by atomic mass is 16.3. The Hall–Kier alpha value is -1.55. The molecule has 4 heteroatoms. The number of carbonyl (C=O) groups excluding carboxylic acids is 1. The highest BCUT2D eigenvalue weighted by Gasteiger charge is 2.27. The molecule has 1 aromatic carbocycles. The molecule has 0 aromatic heterocycles. The van der Waals surface area contributed by atoms with Gasteiger partial charge in [0.1, 0.15) is 0 Å². The van der Waals surface area contributed by atoms with Gasteiger partial charge in [-0.05, 0) is 42.2 Å². The molecule has 2 amide bonds. The van der Waals surface area contributed by atoms with Crippen LogP contribution in [0.4, 0.5) is 4.79 Å². The minimum Gasteiger partial charge on any atom is -0.396 e. The Balaban J connectivity index is 1.75. The molecule has 1 unspecified atom stereocenters. The first kappa shape index (κ1) is 16.8. The van der Waals surface area contributed by atoms with Crippen molar-refractivity contribution in [1.29, 1.82) is 0 Å². The van der Waals surface area contributed by atoms with E-state index >= 15 is 0 Å². The normalized spacial score (nSPS) is 16.6. The number of aliphatic hydroxyl groups is 1. The summed E-state index contributed by atoms with van der Waals surface area (Å²) in [5.74, 6) is 0.446. The molecule has 0 saturated carbocycles. The van der Waals surface area contributed by atoms with Gasteiger partial charge in [-0.3, -0.25) is 0 Å². The van der Waals surface area contributed by atoms with E-state index in [9.17, 15) is 9.90 Å². The van der Waals surface area contributed by atoms with Gasteiger partial charge in [0.15, 0.2) is 0 Å². The van der Waals surface area contributed by atoms with Gasteiger partial charge in [0.25, 0.3) is 0 Å². The van der Waals surface area contributed by atoms with E-state index in [-0.39, 0.29) is 18.1 Å². The van der Waals surface area contributed by atoms with Crippen molar-refractivity contribution in [2.75, 3.05) is 19.7 Å². The average Bonchev–Trinajstić information content (AvgIpc) is 2.52. The minimum absolute atomic E-state index is 0.00909. The van der Waals surface area contributed by atoms with Crippen LogP contribution in [0.2, 0.25) is 0 Å². The van der Waals surface area contributed by atoms with Crippen molar-refractivity contribution in [3.8, 4) is 0 Å². The SMILES string of the molecule is CCC(CC)(CCO)CNC(=O)NCC1Cc2ccccc21. The molecule has 0 bridgehead atoms. The zero-order valence-corrected chi connectivity index (χ0v) is 13.7. The van der Waals surface area contributed by atoms with Gasteiger partial charge in [-0.15, -0.1) is 0 Å². The number of hydrogen-bond donors (Lipinski definition) is 3. The molecule has 122 valence electrons. The monoisotopic (exact) mass is 304 g/mol. The summed E-state index contributed by atoms with van der Waals surface area (Å²) < 4.78 is 0. The van der Waals surface area contributed by atoms with Crippen molar-refractivity contribution in [3.63, 3.8) is 0 Å². The third kappa shape index (κ3) is 3.80. The van der Waals surface area contributed by atoms with Crippen LogP contribution in [0.15, 0.2) is 24.3 Å². The predicted molar refractivity (Wildman–Crippen MR) is 89.0 cm³/mol. The molecule has 3 N–H and O–H groups in total. The Morgan fingerprint density at radius 1 is 1.27 bits per heavy atom. The fraction of sp³-hybridized carbons (Fsp3) is 0.611. The number of amides is 2. The molecule has 0 radical (unpaired) electrons. The van der Waals surface area contributed by atoms with E-state index in [2.05, 4.69) is 48.7 Å². The predicted octanol–water partition coefficient (Wildman–Crippen LogP) is 2.81. The highest BCUT2D eigenvalue weighted by molar-refractivity contribution is 5.74. The molecule has 1 aliphatic rings. The zero-order chi connectivity index (χ0) is 16.0. The maximum atomic E-state index is 12.0. The Bertz CT molecular complexity index is 498. The first-order valence-electron chi connectivity index (χ1n) is 8.34. The first-order chi connectivity index (χ1) is 10.6. The fourth-order valence-electron chi connectivity index (χ4n) is 3.27. The highest BCUT2D eigenvalue weighted by Crippen LogP contribution is 2.34. The van der Waals surface area contributed by atoms with Gasteiger partial charge in [-0.1, -0.05) is 38.1 Å². The lowest BCUT2D eigenvalue weighted by Gasteiger charge is -2.32. The van der Waals surface area contributed by atoms with Crippen LogP contribution >= 0.6 is 0 Å². The lowest BCUT2D eigenvalue weighted by molar-refractivity contribution is 0.163. The van der Waals surface area contributed by atoms with Crippen molar-refractivity contribution < 1.29 is 9.90 Å². The minimum atomic E-state index is -0.103. The molecule has 0 aliphatic heterocycles. The van der Waals surface area contributed by atoms with E-state index in [1.54, 1.807) is 0 Å². The van der Waals surface area contributed by atoms with Gasteiger partial charge < -0.3 is 15.7 Å². The Morgan fingerprint density at radius 3 is 2.64 bits per heavy atom. The molecule has 2 rings (SSSR count). The summed E-state index contributed by atoms with van der Waals surface area (Å²) in [5, 5.41) is 15.2. The number of nitrogens with one attached hydrogen (secondary N) is 2. The lowest BCUT2D eigenvalue weighted by atomic mass is 9.77. The van der Waals surface area contributed by atoms with E-state index in [1.165, 1.54) is 11.1 Å². The van der Waals surface area contributed by atoms with Gasteiger partial charge in [-0.2, -0.15) is 0 Å². The fourth-order valence-corrected chi connectivity index (χ4v) is 3.27. The Morgan fingerprint density at radius 2 is 2.00 bits per heavy atom. The zero-order valence-electron chi connectivity index (χ0n) is 13.7. The van der Waals surface area contributed by atoms with Crippen LogP contribution in [0.25, 0.3) is 0 Å². The van der Waals surface area contributed by atoms with Gasteiger partial charge >= 0.3 is 6.03 Å². The molecule has 1 atom stereocenters. The van der Waals surface area contributed by atoms with Gasteiger partial charge in [0.05, 0.1) is 0 Å². The molecule has 1 aliphatic carbocycles. The van der Waals surface area contributed by atoms with E-state index in [1.807, 2.05) is 0 Å². The van der Waals surface area contributed by atoms with Crippen LogP contribution in [-0.2, 0) is 6.42 Å². The van der Waals surface area contributed by atoms with Crippen LogP contribution in [0.3, 0.4) is 0 Å². The number of hydrogen-bond acceptors (Lipinski definition) is 2. The maximum absolute atomic E-state index is 12.0. The lowest BCUT2D eigenvalue weighted by Crippen LogP contribution is -2.44. The van der Waals surface area contributed by atoms with Crippen LogP contribution < -0.4 is 10.6 Å². The first-order valence-corrected chi connectivity index (χ1v) is 8.34. The number of carbonyl (C=O) groups is 1. The molecule has 22 heavy (non-hydrogen) atoms. The summed E-state index contributed by atoms with van der Waals surface area (Å²) in [6.45, 7) is 5.71. The van der Waals surface area contributed by atoms with Crippen LogP contribution in [0, 0.1) is 5.41 Å². The van der Waals surface area contributed by atoms with Crippen molar-refractivity contribution >= 4 is 6.03 Å². The molecule has 0 saturated heterocycles. The molecule has 0 heterocycles. The Labute approximate surface area is 133 Å². The van der Waals surface area contributed by atoms with Crippen LogP contribution in [0.1, 0.15) is 50.2 Å². The maximum Gasteiger partial charge on any atom is 0.314 e. The van der Waals surface area contributed by atoms with E-state index in [0.717, 1.165) is 25.7 Å². The van der Waals surface area contributed by atoms with Gasteiger partial charge in [-0.25, -0.2) is 4.79 Å². The van der Waals surface area contributed by atoms with E-state index in [4.69, 9.17) is 0 Å². The summed E-state index contributed by atoms with van der Waals surface area (Å²) in [6.07, 6.45) is 3.70. The number of aliphatic hydroxyl groups excluding tert-OH is 1. The molecule has 4 nitrogen and oxygen atoms in total. The molecule has 1 aromatic rings. The average molecular weight is 304 g/mol. The van der Waals surface area contributed by atoms with Crippen LogP contribution in [0.5, 0.6) is 0 Å². The number of rotatable bonds is 8. The summed E-state index contributed by atoms with van der Waals surface area (Å²) >= 11 is 0. The summed E-state index contributed by atoms with van der Waals surface area (Å²) in [5.41, 5.74) is 2.77. The van der Waals surface area contributed by atoms with E-state index < -0.39 is 0 Å². The molecular weight excluding hydrogens is 276 g/mol. The van der Waals surface area contributed by atoms with Crippen molar-refractivity contribution in [2.24, 2.45) is 5.41 Å². The smallest absolute Gasteiger partial charge is 0.314 e. The standard InChI is InChI=1S/C18H28N2O2/c1-3-18(4-2,9-10-21)13-20-17(22)19-12-15-11-14-7-5-6-8-16(14)15/h5-8,15,21H,3-4,9-13H2,1-2H3,(H2,19,20,22). The topological polar surface area (TPSA) is 61.4 Å². The second kappa shape index (κ2) is 7.63. The number of fused-ring (bicyclic) bond motifs is 1. The van der Waals surface area contributed by atoms with Crippen molar-refractivity contribution in [3.05, 3.63) is 35.4 Å². The van der Waals surface area contributed by atoms with Crippen molar-refractivity contribution in [2.45, 2.75) is 45.4 Å². The summed E-state index contributed by atoms with van der Waals surface area (Å²) in [7, 11) is 0. The van der Waals surface area contributed by atoms with Gasteiger partial charge in [0, 0.05) is 25.6 Å². The number of benzene rings is 1. The largest absolute Gasteiger partial charge is 0.396 e. The molecular formula is C18H28N2O2. The van der Waals surface area contributed by atoms with Crippen molar-refractivity contribution in [1.82, 2.24) is 10.6 Å². The summed E-state index contributed by atoms with van der Waals surface area (Å²) in [6, 6.07) is 8.30. The second-order valence-electron chi connectivity index (χ2n) is 6.34. The molecule has 0 fully saturated rings. The third-order valence-corrected chi connectivity index (χ3v) is 5.24. The quantitative estimate of drug-likeness (QED) is 0.691. The van der Waals surface area contributed by atoms with Crippen LogP contribution in [-0.4, -0.2) is 30.8 Å². The number of urea groups is 1. The van der Waals surface area contributed by atoms with E-state index in [0.29, 0.717) is 19.0 Å². The third-order valence-electron chi connectivity index (χ3n) is 5.24.